The third-order valence-corrected chi connectivity index (χ3v) is 2.57. The maximum absolute atomic E-state index is 9.07. The van der Waals surface area contributed by atoms with Gasteiger partial charge in [-0.2, -0.15) is 0 Å². The molecule has 0 amide bonds. The third-order valence-electron chi connectivity index (χ3n) is 2.33. The number of hydrogen-bond acceptors (Lipinski definition) is 6. The second kappa shape index (κ2) is 4.92. The van der Waals surface area contributed by atoms with E-state index in [1.807, 2.05) is 0 Å². The highest BCUT2D eigenvalue weighted by Crippen LogP contribution is 2.21. The van der Waals surface area contributed by atoms with Crippen LogP contribution < -0.4 is 10.6 Å². The fourth-order valence-electron chi connectivity index (χ4n) is 1.43. The highest BCUT2D eigenvalue weighted by molar-refractivity contribution is 6.31. The maximum atomic E-state index is 9.07. The smallest absolute Gasteiger partial charge is 0.205 e. The van der Waals surface area contributed by atoms with E-state index in [1.165, 1.54) is 0 Å². The number of rotatable bonds is 2. The number of nitrogens with zero attached hydrogens (tertiary/aromatic N) is 4. The van der Waals surface area contributed by atoms with E-state index >= 15 is 0 Å². The molecule has 0 aliphatic heterocycles. The Morgan fingerprint density at radius 1 is 1.50 bits per heavy atom. The molecule has 0 saturated heterocycles. The molecule has 1 aromatic carbocycles. The average Bonchev–Trinajstić information content (AvgIpc) is 2.77. The topological polar surface area (TPSA) is 101 Å². The van der Waals surface area contributed by atoms with Crippen LogP contribution in [0.2, 0.25) is 5.02 Å². The van der Waals surface area contributed by atoms with Gasteiger partial charge in [0.05, 0.1) is 0 Å². The van der Waals surface area contributed by atoms with Crippen LogP contribution in [0.15, 0.2) is 34.1 Å². The molecule has 94 valence electrons. The molecule has 0 radical (unpaired) electrons. The minimum absolute atomic E-state index is 0.0386. The first-order valence-corrected chi connectivity index (χ1v) is 5.31. The molecular formula is C10H10ClN5O2. The van der Waals surface area contributed by atoms with Gasteiger partial charge in [0, 0.05) is 17.8 Å². The standard InChI is InChI=1S/C10H10ClN5O2/c1-16(7-4-2-3-6(11)5-7)10(13-17)8-9(12)15-18-14-8/h2-5,17H,1H3,(H2,12,15)/b13-10-. The van der Waals surface area contributed by atoms with E-state index in [1.54, 1.807) is 36.2 Å². The molecule has 18 heavy (non-hydrogen) atoms. The number of halogens is 1. The fourth-order valence-corrected chi connectivity index (χ4v) is 1.62. The summed E-state index contributed by atoms with van der Waals surface area (Å²) in [5, 5.41) is 19.8. The summed E-state index contributed by atoms with van der Waals surface area (Å²) in [5.74, 6) is 0.146. The summed E-state index contributed by atoms with van der Waals surface area (Å²) in [4.78, 5) is 1.56. The minimum Gasteiger partial charge on any atom is -0.409 e. The average molecular weight is 268 g/mol. The molecule has 2 rings (SSSR count). The predicted octanol–water partition coefficient (Wildman–Crippen LogP) is 1.58. The van der Waals surface area contributed by atoms with Gasteiger partial charge in [0.15, 0.2) is 11.5 Å². The Bertz CT molecular complexity index is 583. The van der Waals surface area contributed by atoms with Crippen LogP contribution in [-0.4, -0.2) is 28.4 Å². The molecule has 8 heteroatoms. The van der Waals surface area contributed by atoms with Crippen LogP contribution in [0.3, 0.4) is 0 Å². The number of anilines is 2. The molecular weight excluding hydrogens is 258 g/mol. The molecule has 3 N–H and O–H groups in total. The summed E-state index contributed by atoms with van der Waals surface area (Å²) in [6.45, 7) is 0. The van der Waals surface area contributed by atoms with Gasteiger partial charge < -0.3 is 15.8 Å². The lowest BCUT2D eigenvalue weighted by Crippen LogP contribution is -2.28. The Kier molecular flexibility index (Phi) is 3.33. The molecule has 0 fully saturated rings. The van der Waals surface area contributed by atoms with E-state index in [-0.39, 0.29) is 17.3 Å². The number of nitrogens with two attached hydrogens (primary N) is 1. The zero-order valence-electron chi connectivity index (χ0n) is 9.41. The second-order valence-corrected chi connectivity index (χ2v) is 3.90. The molecule has 0 atom stereocenters. The van der Waals surface area contributed by atoms with E-state index in [2.05, 4.69) is 20.1 Å². The summed E-state index contributed by atoms with van der Waals surface area (Å²) in [7, 11) is 1.68. The van der Waals surface area contributed by atoms with Crippen LogP contribution in [0, 0.1) is 0 Å². The van der Waals surface area contributed by atoms with Crippen LogP contribution in [0.1, 0.15) is 5.69 Å². The number of aromatic nitrogens is 2. The van der Waals surface area contributed by atoms with Crippen molar-refractivity contribution in [3.63, 3.8) is 0 Å². The first-order chi connectivity index (χ1) is 8.63. The lowest BCUT2D eigenvalue weighted by molar-refractivity contribution is 0.304. The largest absolute Gasteiger partial charge is 0.409 e. The van der Waals surface area contributed by atoms with E-state index in [0.29, 0.717) is 10.7 Å². The number of hydrogen-bond donors (Lipinski definition) is 2. The van der Waals surface area contributed by atoms with Gasteiger partial charge in [0.1, 0.15) is 0 Å². The van der Waals surface area contributed by atoms with Crippen molar-refractivity contribution in [2.75, 3.05) is 17.7 Å². The lowest BCUT2D eigenvalue weighted by Gasteiger charge is -2.18. The van der Waals surface area contributed by atoms with Crippen molar-refractivity contribution < 1.29 is 9.84 Å². The predicted molar refractivity (Wildman–Crippen MR) is 66.9 cm³/mol. The molecule has 0 spiro atoms. The Morgan fingerprint density at radius 2 is 2.28 bits per heavy atom. The van der Waals surface area contributed by atoms with E-state index in [0.717, 1.165) is 0 Å². The monoisotopic (exact) mass is 267 g/mol. The number of oxime groups is 1. The van der Waals surface area contributed by atoms with Crippen LogP contribution in [-0.2, 0) is 0 Å². The van der Waals surface area contributed by atoms with Gasteiger partial charge in [0.2, 0.25) is 5.84 Å². The maximum Gasteiger partial charge on any atom is 0.205 e. The minimum atomic E-state index is 0.0386. The number of benzene rings is 1. The molecule has 1 aromatic heterocycles. The van der Waals surface area contributed by atoms with Gasteiger partial charge in [-0.15, -0.1) is 0 Å². The second-order valence-electron chi connectivity index (χ2n) is 3.46. The third kappa shape index (κ3) is 2.21. The van der Waals surface area contributed by atoms with Gasteiger partial charge in [-0.1, -0.05) is 22.8 Å². The summed E-state index contributed by atoms with van der Waals surface area (Å²) in [5.41, 5.74) is 6.41. The summed E-state index contributed by atoms with van der Waals surface area (Å²) in [6.07, 6.45) is 0. The summed E-state index contributed by atoms with van der Waals surface area (Å²) >= 11 is 5.89. The van der Waals surface area contributed by atoms with Crippen molar-refractivity contribution in [3.8, 4) is 0 Å². The zero-order valence-corrected chi connectivity index (χ0v) is 10.2. The van der Waals surface area contributed by atoms with E-state index in [4.69, 9.17) is 22.5 Å². The Hall–Kier alpha value is -2.28. The number of nitrogen functional groups attached to an aromatic ring is 1. The van der Waals surface area contributed by atoms with Gasteiger partial charge in [-0.3, -0.25) is 0 Å². The van der Waals surface area contributed by atoms with Crippen molar-refractivity contribution in [3.05, 3.63) is 35.0 Å². The molecule has 2 aromatic rings. The zero-order chi connectivity index (χ0) is 13.1. The molecule has 0 bridgehead atoms. The first-order valence-electron chi connectivity index (χ1n) is 4.93. The van der Waals surface area contributed by atoms with Gasteiger partial charge in [-0.05, 0) is 28.5 Å². The highest BCUT2D eigenvalue weighted by Gasteiger charge is 2.20. The molecule has 0 aliphatic rings. The van der Waals surface area contributed by atoms with Crippen LogP contribution in [0.4, 0.5) is 11.5 Å². The normalized spacial score (nSPS) is 11.6. The Labute approximate surface area is 107 Å². The SMILES string of the molecule is CN(/C(=N\O)c1nonc1N)c1cccc(Cl)c1. The van der Waals surface area contributed by atoms with Crippen molar-refractivity contribution in [1.29, 1.82) is 0 Å². The molecule has 1 heterocycles. The van der Waals surface area contributed by atoms with Gasteiger partial charge in [-0.25, -0.2) is 4.63 Å². The summed E-state index contributed by atoms with van der Waals surface area (Å²) in [6, 6.07) is 7.01. The van der Waals surface area contributed by atoms with Crippen molar-refractivity contribution in [2.45, 2.75) is 0 Å². The number of amidine groups is 1. The molecule has 0 aliphatic carbocycles. The Balaban J connectivity index is 2.38. The molecule has 7 nitrogen and oxygen atoms in total. The van der Waals surface area contributed by atoms with Crippen molar-refractivity contribution in [1.82, 2.24) is 10.3 Å². The van der Waals surface area contributed by atoms with Gasteiger partial charge >= 0.3 is 0 Å². The van der Waals surface area contributed by atoms with Crippen LogP contribution in [0.5, 0.6) is 0 Å². The van der Waals surface area contributed by atoms with Crippen molar-refractivity contribution >= 4 is 28.9 Å². The first kappa shape index (κ1) is 12.2. The highest BCUT2D eigenvalue weighted by atomic mass is 35.5. The molecule has 0 unspecified atom stereocenters. The molecule has 0 saturated carbocycles. The lowest BCUT2D eigenvalue weighted by atomic mass is 10.2. The fraction of sp³-hybridized carbons (Fsp3) is 0.100. The summed E-state index contributed by atoms with van der Waals surface area (Å²) < 4.78 is 4.47. The quantitative estimate of drug-likeness (QED) is 0.371. The Morgan fingerprint density at radius 3 is 2.83 bits per heavy atom. The van der Waals surface area contributed by atoms with E-state index < -0.39 is 0 Å². The van der Waals surface area contributed by atoms with Crippen molar-refractivity contribution in [2.24, 2.45) is 5.16 Å². The van der Waals surface area contributed by atoms with E-state index in [9.17, 15) is 0 Å². The van der Waals surface area contributed by atoms with Crippen LogP contribution >= 0.6 is 11.6 Å². The van der Waals surface area contributed by atoms with Gasteiger partial charge in [0.25, 0.3) is 0 Å². The van der Waals surface area contributed by atoms with Crippen LogP contribution in [0.25, 0.3) is 0 Å².